The molecule has 0 atom stereocenters. The molecule has 0 radical (unpaired) electrons. The third-order valence-electron chi connectivity index (χ3n) is 4.93. The highest BCUT2D eigenvalue weighted by Crippen LogP contribution is 2.32. The van der Waals surface area contributed by atoms with Crippen molar-refractivity contribution >= 4 is 5.57 Å². The molecular weight excluding hydrogens is 302 g/mol. The van der Waals surface area contributed by atoms with Crippen LogP contribution in [-0.4, -0.2) is 0 Å². The summed E-state index contributed by atoms with van der Waals surface area (Å²) < 4.78 is 29.0. The molecule has 0 heterocycles. The predicted octanol–water partition coefficient (Wildman–Crippen LogP) is 6.05. The molecular formula is C22H24F2. The van der Waals surface area contributed by atoms with Gasteiger partial charge in [0.1, 0.15) is 11.6 Å². The minimum Gasteiger partial charge on any atom is -0.206 e. The highest BCUT2D eigenvalue weighted by atomic mass is 19.1. The third-order valence-corrected chi connectivity index (χ3v) is 4.93. The molecule has 0 bridgehead atoms. The second-order valence-electron chi connectivity index (χ2n) is 6.56. The van der Waals surface area contributed by atoms with Gasteiger partial charge in [0, 0.05) is 5.56 Å². The molecule has 1 aliphatic rings. The number of aryl methyl sites for hydroxylation is 2. The summed E-state index contributed by atoms with van der Waals surface area (Å²) in [5.41, 5.74) is 5.19. The van der Waals surface area contributed by atoms with Crippen LogP contribution < -0.4 is 0 Å². The SMILES string of the molecule is CCCCc1ccc(C2=CCc3c(ccc(CC)c3F)C2)c(F)c1. The first-order chi connectivity index (χ1) is 11.6. The number of rotatable bonds is 5. The maximum absolute atomic E-state index is 14.5. The fraction of sp³-hybridized carbons (Fsp3) is 0.364. The summed E-state index contributed by atoms with van der Waals surface area (Å²) in [4.78, 5) is 0. The molecule has 24 heavy (non-hydrogen) atoms. The summed E-state index contributed by atoms with van der Waals surface area (Å²) in [6.45, 7) is 4.10. The highest BCUT2D eigenvalue weighted by Gasteiger charge is 2.19. The predicted molar refractivity (Wildman–Crippen MR) is 96.2 cm³/mol. The van der Waals surface area contributed by atoms with E-state index in [1.807, 2.05) is 37.3 Å². The maximum Gasteiger partial charge on any atom is 0.130 e. The highest BCUT2D eigenvalue weighted by molar-refractivity contribution is 5.71. The Morgan fingerprint density at radius 1 is 1.04 bits per heavy atom. The van der Waals surface area contributed by atoms with E-state index >= 15 is 0 Å². The molecule has 0 saturated heterocycles. The van der Waals surface area contributed by atoms with Crippen LogP contribution in [0.4, 0.5) is 8.78 Å². The van der Waals surface area contributed by atoms with Crippen molar-refractivity contribution in [3.63, 3.8) is 0 Å². The van der Waals surface area contributed by atoms with Crippen LogP contribution in [0.25, 0.3) is 5.57 Å². The summed E-state index contributed by atoms with van der Waals surface area (Å²) in [7, 11) is 0. The lowest BCUT2D eigenvalue weighted by Gasteiger charge is -2.20. The van der Waals surface area contributed by atoms with Crippen LogP contribution in [0.15, 0.2) is 36.4 Å². The van der Waals surface area contributed by atoms with Crippen molar-refractivity contribution < 1.29 is 8.78 Å². The number of halogens is 2. The summed E-state index contributed by atoms with van der Waals surface area (Å²) in [5, 5.41) is 0. The third kappa shape index (κ3) is 3.28. The van der Waals surface area contributed by atoms with E-state index in [4.69, 9.17) is 0 Å². The van der Waals surface area contributed by atoms with Gasteiger partial charge in [-0.25, -0.2) is 8.78 Å². The van der Waals surface area contributed by atoms with Crippen LogP contribution in [0, 0.1) is 11.6 Å². The molecule has 0 nitrogen and oxygen atoms in total. The normalized spacial score (nSPS) is 13.6. The molecule has 0 aliphatic heterocycles. The van der Waals surface area contributed by atoms with Crippen LogP contribution in [0.2, 0.25) is 0 Å². The Hall–Kier alpha value is -1.96. The molecule has 0 N–H and O–H groups in total. The lowest BCUT2D eigenvalue weighted by Crippen LogP contribution is -2.08. The van der Waals surface area contributed by atoms with E-state index in [1.54, 1.807) is 6.07 Å². The van der Waals surface area contributed by atoms with Crippen LogP contribution >= 0.6 is 0 Å². The van der Waals surface area contributed by atoms with Gasteiger partial charge in [0.05, 0.1) is 0 Å². The van der Waals surface area contributed by atoms with E-state index in [0.29, 0.717) is 24.8 Å². The Bertz CT molecular complexity index is 772. The Balaban J connectivity index is 1.86. The zero-order chi connectivity index (χ0) is 17.1. The number of unbranched alkanes of at least 4 members (excludes halogenated alkanes) is 1. The van der Waals surface area contributed by atoms with Crippen molar-refractivity contribution in [2.75, 3.05) is 0 Å². The van der Waals surface area contributed by atoms with Crippen molar-refractivity contribution in [3.05, 3.63) is 75.9 Å². The topological polar surface area (TPSA) is 0 Å². The standard InChI is InChI=1S/C22H24F2/c1-3-5-6-15-7-11-19(21(23)13-15)17-10-12-20-18(14-17)9-8-16(4-2)22(20)24/h7-11,13H,3-6,12,14H2,1-2H3. The molecule has 0 saturated carbocycles. The molecule has 1 aliphatic carbocycles. The van der Waals surface area contributed by atoms with Crippen LogP contribution in [0.1, 0.15) is 54.5 Å². The number of hydrogen-bond acceptors (Lipinski definition) is 0. The van der Waals surface area contributed by atoms with Gasteiger partial charge in [0.2, 0.25) is 0 Å². The number of fused-ring (bicyclic) bond motifs is 1. The molecule has 3 rings (SSSR count). The van der Waals surface area contributed by atoms with Crippen LogP contribution in [0.3, 0.4) is 0 Å². The Labute approximate surface area is 143 Å². The van der Waals surface area contributed by atoms with E-state index in [2.05, 4.69) is 6.92 Å². The average molecular weight is 326 g/mol. The van der Waals surface area contributed by atoms with Gasteiger partial charge in [0.15, 0.2) is 0 Å². The van der Waals surface area contributed by atoms with Crippen molar-refractivity contribution in [2.24, 2.45) is 0 Å². The second kappa shape index (κ2) is 7.29. The van der Waals surface area contributed by atoms with Crippen LogP contribution in [-0.2, 0) is 25.7 Å². The fourth-order valence-electron chi connectivity index (χ4n) is 3.43. The molecule has 126 valence electrons. The lowest BCUT2D eigenvalue weighted by atomic mass is 9.86. The van der Waals surface area contributed by atoms with Gasteiger partial charge in [-0.2, -0.15) is 0 Å². The van der Waals surface area contributed by atoms with Gasteiger partial charge in [-0.15, -0.1) is 0 Å². The monoisotopic (exact) mass is 326 g/mol. The number of hydrogen-bond donors (Lipinski definition) is 0. The summed E-state index contributed by atoms with van der Waals surface area (Å²) >= 11 is 0. The summed E-state index contributed by atoms with van der Waals surface area (Å²) in [6.07, 6.45) is 6.92. The van der Waals surface area contributed by atoms with Crippen molar-refractivity contribution in [1.82, 2.24) is 0 Å². The first-order valence-corrected chi connectivity index (χ1v) is 8.91. The van der Waals surface area contributed by atoms with E-state index in [0.717, 1.165) is 47.1 Å². The first kappa shape index (κ1) is 16.9. The molecule has 2 heteroatoms. The number of allylic oxidation sites excluding steroid dienone is 2. The second-order valence-corrected chi connectivity index (χ2v) is 6.56. The Morgan fingerprint density at radius 3 is 2.58 bits per heavy atom. The fourth-order valence-corrected chi connectivity index (χ4v) is 3.43. The van der Waals surface area contributed by atoms with Gasteiger partial charge in [0.25, 0.3) is 0 Å². The lowest BCUT2D eigenvalue weighted by molar-refractivity contribution is 0.595. The molecule has 2 aromatic rings. The van der Waals surface area contributed by atoms with Crippen molar-refractivity contribution in [1.29, 1.82) is 0 Å². The van der Waals surface area contributed by atoms with Gasteiger partial charge in [-0.05, 0) is 66.0 Å². The maximum atomic E-state index is 14.5. The molecule has 0 amide bonds. The van der Waals surface area contributed by atoms with Gasteiger partial charge in [-0.3, -0.25) is 0 Å². The van der Waals surface area contributed by atoms with Crippen LogP contribution in [0.5, 0.6) is 0 Å². The molecule has 2 aromatic carbocycles. The van der Waals surface area contributed by atoms with Gasteiger partial charge >= 0.3 is 0 Å². The van der Waals surface area contributed by atoms with E-state index < -0.39 is 0 Å². The molecule has 0 unspecified atom stereocenters. The van der Waals surface area contributed by atoms with E-state index in [-0.39, 0.29) is 11.6 Å². The smallest absolute Gasteiger partial charge is 0.130 e. The van der Waals surface area contributed by atoms with E-state index in [9.17, 15) is 8.78 Å². The Morgan fingerprint density at radius 2 is 1.88 bits per heavy atom. The van der Waals surface area contributed by atoms with Gasteiger partial charge < -0.3 is 0 Å². The van der Waals surface area contributed by atoms with E-state index in [1.165, 1.54) is 0 Å². The van der Waals surface area contributed by atoms with Crippen molar-refractivity contribution in [3.8, 4) is 0 Å². The minimum absolute atomic E-state index is 0.0827. The molecule has 0 spiro atoms. The molecule has 0 fully saturated rings. The first-order valence-electron chi connectivity index (χ1n) is 8.91. The minimum atomic E-state index is -0.163. The zero-order valence-electron chi connectivity index (χ0n) is 14.5. The number of benzene rings is 2. The van der Waals surface area contributed by atoms with Crippen molar-refractivity contribution in [2.45, 2.75) is 52.4 Å². The largest absolute Gasteiger partial charge is 0.206 e. The Kier molecular flexibility index (Phi) is 5.13. The quantitative estimate of drug-likeness (QED) is 0.627. The van der Waals surface area contributed by atoms with Gasteiger partial charge in [-0.1, -0.05) is 50.6 Å². The summed E-state index contributed by atoms with van der Waals surface area (Å²) in [6, 6.07) is 9.42. The zero-order valence-corrected chi connectivity index (χ0v) is 14.5. The average Bonchev–Trinajstić information content (AvgIpc) is 2.60. The summed E-state index contributed by atoms with van der Waals surface area (Å²) in [5.74, 6) is -0.246. The molecule has 0 aromatic heterocycles.